The minimum Gasteiger partial charge on any atom is -0.483 e. The maximum absolute atomic E-state index is 14.1. The first-order valence-electron chi connectivity index (χ1n) is 10.1. The van der Waals surface area contributed by atoms with Gasteiger partial charge >= 0.3 is 0 Å². The molecule has 0 bridgehead atoms. The summed E-state index contributed by atoms with van der Waals surface area (Å²) in [7, 11) is 1.61. The molecule has 0 radical (unpaired) electrons. The molecule has 11 heteroatoms. The van der Waals surface area contributed by atoms with E-state index in [0.29, 0.717) is 41.4 Å². The highest BCUT2D eigenvalue weighted by molar-refractivity contribution is 5.98. The number of benzene rings is 1. The van der Waals surface area contributed by atoms with Crippen molar-refractivity contribution in [1.82, 2.24) is 14.6 Å². The molecule has 0 saturated carbocycles. The molecule has 3 aromatic rings. The predicted molar refractivity (Wildman–Crippen MR) is 111 cm³/mol. The van der Waals surface area contributed by atoms with Crippen LogP contribution in [-0.2, 0) is 14.2 Å². The van der Waals surface area contributed by atoms with Crippen LogP contribution < -0.4 is 15.8 Å². The van der Waals surface area contributed by atoms with Crippen LogP contribution in [0.3, 0.4) is 0 Å². The summed E-state index contributed by atoms with van der Waals surface area (Å²) in [4.78, 5) is 16.0. The van der Waals surface area contributed by atoms with Gasteiger partial charge in [-0.3, -0.25) is 4.79 Å². The number of primary amides is 1. The van der Waals surface area contributed by atoms with Gasteiger partial charge in [0.1, 0.15) is 41.7 Å². The largest absolute Gasteiger partial charge is 0.483 e. The van der Waals surface area contributed by atoms with Gasteiger partial charge in [-0.25, -0.2) is 13.9 Å². The maximum atomic E-state index is 14.1. The number of amides is 1. The van der Waals surface area contributed by atoms with Gasteiger partial charge in [0, 0.05) is 19.4 Å². The average Bonchev–Trinajstić information content (AvgIpc) is 3.45. The predicted octanol–water partition coefficient (Wildman–Crippen LogP) is 1.58. The number of nitrogens with zero attached hydrogens (tertiary/aromatic N) is 3. The molecule has 2 unspecified atom stereocenters. The lowest BCUT2D eigenvalue weighted by Crippen LogP contribution is -2.35. The number of anilines is 2. The molecule has 4 heterocycles. The Labute approximate surface area is 182 Å². The van der Waals surface area contributed by atoms with Crippen molar-refractivity contribution in [2.24, 2.45) is 5.73 Å². The third-order valence-electron chi connectivity index (χ3n) is 5.83. The number of carbonyl (C=O) groups excluding carboxylic acids is 1. The minimum atomic E-state index is -0.563. The number of methoxy groups -OCH3 is 1. The number of hydrogen-bond donors (Lipinski definition) is 2. The van der Waals surface area contributed by atoms with Crippen LogP contribution in [0.25, 0.3) is 5.52 Å². The molecule has 32 heavy (non-hydrogen) atoms. The Bertz CT molecular complexity index is 1180. The summed E-state index contributed by atoms with van der Waals surface area (Å²) < 4.78 is 38.7. The average molecular weight is 443 g/mol. The van der Waals surface area contributed by atoms with Crippen LogP contribution in [-0.4, -0.2) is 65.2 Å². The monoisotopic (exact) mass is 443 g/mol. The normalized spacial score (nSPS) is 24.6. The Morgan fingerprint density at radius 1 is 1.28 bits per heavy atom. The number of nitrogens with one attached hydrogen (secondary N) is 1. The number of halogens is 1. The van der Waals surface area contributed by atoms with Crippen LogP contribution in [0.15, 0.2) is 30.7 Å². The van der Waals surface area contributed by atoms with Crippen LogP contribution in [0, 0.1) is 12.7 Å². The molecule has 2 saturated heterocycles. The molecule has 1 aromatic carbocycles. The lowest BCUT2D eigenvalue weighted by molar-refractivity contribution is -0.0138. The summed E-state index contributed by atoms with van der Waals surface area (Å²) in [5.41, 5.74) is 7.48. The molecular formula is C21H22FN5O5. The summed E-state index contributed by atoms with van der Waals surface area (Å²) in [5.74, 6) is -0.323. The van der Waals surface area contributed by atoms with Gasteiger partial charge in [0.15, 0.2) is 11.9 Å². The van der Waals surface area contributed by atoms with Gasteiger partial charge in [0.25, 0.3) is 5.91 Å². The Morgan fingerprint density at radius 2 is 2.03 bits per heavy atom. The molecule has 1 amide bonds. The highest BCUT2D eigenvalue weighted by Gasteiger charge is 2.49. The Hall–Kier alpha value is -3.28. The van der Waals surface area contributed by atoms with Crippen LogP contribution in [0.4, 0.5) is 15.9 Å². The van der Waals surface area contributed by atoms with Gasteiger partial charge in [0.2, 0.25) is 0 Å². The second-order valence-corrected chi connectivity index (χ2v) is 7.73. The van der Waals surface area contributed by atoms with Crippen LogP contribution >= 0.6 is 0 Å². The van der Waals surface area contributed by atoms with Crippen molar-refractivity contribution < 1.29 is 28.1 Å². The number of aryl methyl sites for hydroxylation is 1. The van der Waals surface area contributed by atoms with E-state index in [0.717, 1.165) is 0 Å². The van der Waals surface area contributed by atoms with Crippen LogP contribution in [0.2, 0.25) is 0 Å². The molecule has 10 nitrogen and oxygen atoms in total. The van der Waals surface area contributed by atoms with E-state index in [4.69, 9.17) is 24.7 Å². The highest BCUT2D eigenvalue weighted by Crippen LogP contribution is 2.35. The highest BCUT2D eigenvalue weighted by atomic mass is 19.1. The Kier molecular flexibility index (Phi) is 5.16. The van der Waals surface area contributed by atoms with Crippen molar-refractivity contribution >= 4 is 22.9 Å². The van der Waals surface area contributed by atoms with E-state index in [1.807, 2.05) is 0 Å². The summed E-state index contributed by atoms with van der Waals surface area (Å²) in [6, 6.07) is 4.16. The maximum Gasteiger partial charge on any atom is 0.250 e. The van der Waals surface area contributed by atoms with Crippen molar-refractivity contribution in [3.05, 3.63) is 47.7 Å². The summed E-state index contributed by atoms with van der Waals surface area (Å²) >= 11 is 0. The first-order valence-corrected chi connectivity index (χ1v) is 10.1. The molecule has 2 fully saturated rings. The number of ether oxygens (including phenoxy) is 4. The number of carbonyl (C=O) groups is 1. The number of fused-ring (bicyclic) bond motifs is 2. The molecule has 5 rings (SSSR count). The second-order valence-electron chi connectivity index (χ2n) is 7.73. The Morgan fingerprint density at radius 3 is 2.78 bits per heavy atom. The topological polar surface area (TPSA) is 122 Å². The molecule has 4 atom stereocenters. The van der Waals surface area contributed by atoms with Crippen molar-refractivity contribution in [1.29, 1.82) is 0 Å². The van der Waals surface area contributed by atoms with Gasteiger partial charge < -0.3 is 30.0 Å². The van der Waals surface area contributed by atoms with Gasteiger partial charge in [-0.15, -0.1) is 0 Å². The van der Waals surface area contributed by atoms with E-state index in [9.17, 15) is 9.18 Å². The smallest absolute Gasteiger partial charge is 0.250 e. The van der Waals surface area contributed by atoms with Crippen molar-refractivity contribution in [2.75, 3.05) is 25.6 Å². The number of aromatic nitrogens is 3. The molecule has 2 aliphatic rings. The number of nitrogens with two attached hydrogens (primary N) is 1. The molecule has 3 N–H and O–H groups in total. The molecule has 0 aliphatic carbocycles. The Balaban J connectivity index is 1.46. The summed E-state index contributed by atoms with van der Waals surface area (Å²) in [6.45, 7) is 2.46. The van der Waals surface area contributed by atoms with Crippen LogP contribution in [0.1, 0.15) is 15.9 Å². The third-order valence-corrected chi connectivity index (χ3v) is 5.83. The summed E-state index contributed by atoms with van der Waals surface area (Å²) in [6.07, 6.45) is 1.76. The standard InChI is InChI=1S/C21H22FN5O5/c1-10-12(20(23)28)6-27-17(10)21(24-9-25-27)26-13-4-3-11(22)5-14(13)32-16-8-31-18-15(29-2)7-30-19(16)18/h3-6,9,15-16,18-19H,7-8H2,1-2H3,(H2,23,28)(H,24,25,26)/t15?,16?,18-,19-/m1/s1. The quantitative estimate of drug-likeness (QED) is 0.589. The molecule has 168 valence electrons. The third kappa shape index (κ3) is 3.44. The summed E-state index contributed by atoms with van der Waals surface area (Å²) in [5, 5.41) is 7.31. The van der Waals surface area contributed by atoms with Gasteiger partial charge in [-0.1, -0.05) is 0 Å². The van der Waals surface area contributed by atoms with E-state index < -0.39 is 17.8 Å². The molecular weight excluding hydrogens is 421 g/mol. The zero-order chi connectivity index (χ0) is 22.4. The van der Waals surface area contributed by atoms with E-state index >= 15 is 0 Å². The first kappa shape index (κ1) is 20.6. The zero-order valence-corrected chi connectivity index (χ0v) is 17.4. The van der Waals surface area contributed by atoms with E-state index in [2.05, 4.69) is 15.4 Å². The van der Waals surface area contributed by atoms with Crippen LogP contribution in [0.5, 0.6) is 5.75 Å². The van der Waals surface area contributed by atoms with Crippen molar-refractivity contribution in [3.8, 4) is 5.75 Å². The SMILES string of the molecule is COC1CO[C@@H]2C(Oc3cc(F)ccc3Nc3ncnn4cc(C(N)=O)c(C)c34)CO[C@H]12. The van der Waals surface area contributed by atoms with E-state index in [1.54, 1.807) is 26.3 Å². The minimum absolute atomic E-state index is 0.162. The first-order chi connectivity index (χ1) is 15.5. The lowest BCUT2D eigenvalue weighted by atomic mass is 10.1. The van der Waals surface area contributed by atoms with Crippen molar-refractivity contribution in [2.45, 2.75) is 31.3 Å². The van der Waals surface area contributed by atoms with E-state index in [1.165, 1.54) is 23.0 Å². The van der Waals surface area contributed by atoms with E-state index in [-0.39, 0.29) is 24.1 Å². The fraction of sp³-hybridized carbons (Fsp3) is 0.381. The number of hydrogen-bond acceptors (Lipinski definition) is 8. The van der Waals surface area contributed by atoms with Gasteiger partial charge in [-0.05, 0) is 24.6 Å². The van der Waals surface area contributed by atoms with Gasteiger partial charge in [-0.2, -0.15) is 5.10 Å². The lowest BCUT2D eigenvalue weighted by Gasteiger charge is -2.20. The molecule has 2 aromatic heterocycles. The molecule has 0 spiro atoms. The fourth-order valence-corrected chi connectivity index (χ4v) is 4.22. The second kappa shape index (κ2) is 8.01. The molecule has 2 aliphatic heterocycles. The fourth-order valence-electron chi connectivity index (χ4n) is 4.22. The van der Waals surface area contributed by atoms with Gasteiger partial charge in [0.05, 0.1) is 24.5 Å². The zero-order valence-electron chi connectivity index (χ0n) is 17.4. The van der Waals surface area contributed by atoms with Crippen molar-refractivity contribution in [3.63, 3.8) is 0 Å². The number of rotatable bonds is 6.